The molecule has 2 aromatic rings. The van der Waals surface area contributed by atoms with E-state index < -0.39 is 0 Å². The number of hydrogen-bond acceptors (Lipinski definition) is 3. The predicted octanol–water partition coefficient (Wildman–Crippen LogP) is 2.52. The van der Waals surface area contributed by atoms with Gasteiger partial charge in [0, 0.05) is 18.8 Å². The smallest absolute Gasteiger partial charge is 0.124 e. The second-order valence-corrected chi connectivity index (χ2v) is 4.54. The molecule has 0 amide bonds. The number of nitrogens with one attached hydrogen (secondary N) is 1. The Hall–Kier alpha value is -1.81. The number of nitrogens with zero attached hydrogens (tertiary/aromatic N) is 2. The Morgan fingerprint density at radius 2 is 2.11 bits per heavy atom. The number of benzene rings is 1. The Bertz CT molecular complexity index is 522. The third-order valence-electron chi connectivity index (χ3n) is 3.08. The molecule has 1 atom stereocenters. The quantitative estimate of drug-likeness (QED) is 0.866. The highest BCUT2D eigenvalue weighted by Gasteiger charge is 2.19. The van der Waals surface area contributed by atoms with E-state index >= 15 is 0 Å². The van der Waals surface area contributed by atoms with Gasteiger partial charge in [0.15, 0.2) is 0 Å². The van der Waals surface area contributed by atoms with Gasteiger partial charge in [0.2, 0.25) is 0 Å². The van der Waals surface area contributed by atoms with Gasteiger partial charge in [-0.15, -0.1) is 0 Å². The SMILES string of the molecule is CCCNC(c1ccn(C)n1)c1ccccc1OC. The molecule has 0 saturated carbocycles. The van der Waals surface area contributed by atoms with Gasteiger partial charge in [-0.3, -0.25) is 4.68 Å². The van der Waals surface area contributed by atoms with Gasteiger partial charge in [-0.25, -0.2) is 0 Å². The fourth-order valence-corrected chi connectivity index (χ4v) is 2.15. The van der Waals surface area contributed by atoms with Crippen molar-refractivity contribution in [3.8, 4) is 5.75 Å². The molecule has 102 valence electrons. The zero-order chi connectivity index (χ0) is 13.7. The highest BCUT2D eigenvalue weighted by Crippen LogP contribution is 2.28. The molecule has 0 radical (unpaired) electrons. The Morgan fingerprint density at radius 3 is 2.74 bits per heavy atom. The normalized spacial score (nSPS) is 12.4. The van der Waals surface area contributed by atoms with Crippen LogP contribution in [0.15, 0.2) is 36.5 Å². The monoisotopic (exact) mass is 259 g/mol. The summed E-state index contributed by atoms with van der Waals surface area (Å²) in [6.45, 7) is 3.10. The molecule has 0 saturated heterocycles. The Kier molecular flexibility index (Phi) is 4.58. The first-order valence-corrected chi connectivity index (χ1v) is 6.62. The molecule has 1 heterocycles. The van der Waals surface area contributed by atoms with Gasteiger partial charge in [0.05, 0.1) is 18.8 Å². The first-order valence-electron chi connectivity index (χ1n) is 6.62. The molecule has 19 heavy (non-hydrogen) atoms. The van der Waals surface area contributed by atoms with E-state index in [4.69, 9.17) is 4.74 Å². The van der Waals surface area contributed by atoms with Gasteiger partial charge in [-0.1, -0.05) is 25.1 Å². The number of methoxy groups -OCH3 is 1. The highest BCUT2D eigenvalue weighted by atomic mass is 16.5. The third kappa shape index (κ3) is 3.15. The van der Waals surface area contributed by atoms with Crippen LogP contribution in [0.1, 0.15) is 30.6 Å². The van der Waals surface area contributed by atoms with Gasteiger partial charge in [0.25, 0.3) is 0 Å². The second kappa shape index (κ2) is 6.38. The number of aryl methyl sites for hydroxylation is 1. The summed E-state index contributed by atoms with van der Waals surface area (Å²) in [7, 11) is 3.64. The molecular formula is C15H21N3O. The van der Waals surface area contributed by atoms with Crippen molar-refractivity contribution in [2.45, 2.75) is 19.4 Å². The molecule has 0 bridgehead atoms. The van der Waals surface area contributed by atoms with E-state index in [2.05, 4.69) is 23.4 Å². The summed E-state index contributed by atoms with van der Waals surface area (Å²) >= 11 is 0. The predicted molar refractivity (Wildman–Crippen MR) is 76.3 cm³/mol. The highest BCUT2D eigenvalue weighted by molar-refractivity contribution is 5.39. The molecule has 0 aliphatic carbocycles. The lowest BCUT2D eigenvalue weighted by Gasteiger charge is -2.19. The fourth-order valence-electron chi connectivity index (χ4n) is 2.15. The summed E-state index contributed by atoms with van der Waals surface area (Å²) in [6.07, 6.45) is 3.05. The number of hydrogen-bond donors (Lipinski definition) is 1. The molecule has 4 nitrogen and oxygen atoms in total. The van der Waals surface area contributed by atoms with E-state index in [1.807, 2.05) is 42.2 Å². The lowest BCUT2D eigenvalue weighted by molar-refractivity contribution is 0.403. The standard InChI is InChI=1S/C15H21N3O/c1-4-10-16-15(13-9-11-18(2)17-13)12-7-5-6-8-14(12)19-3/h5-9,11,15-16H,4,10H2,1-3H3. The van der Waals surface area contributed by atoms with E-state index in [1.165, 1.54) is 0 Å². The largest absolute Gasteiger partial charge is 0.496 e. The summed E-state index contributed by atoms with van der Waals surface area (Å²) in [5.41, 5.74) is 2.14. The first-order chi connectivity index (χ1) is 9.26. The summed E-state index contributed by atoms with van der Waals surface area (Å²) in [5.74, 6) is 0.891. The van der Waals surface area contributed by atoms with Crippen molar-refractivity contribution >= 4 is 0 Å². The molecule has 0 aliphatic heterocycles. The van der Waals surface area contributed by atoms with Crippen LogP contribution in [-0.4, -0.2) is 23.4 Å². The van der Waals surface area contributed by atoms with Crippen LogP contribution in [-0.2, 0) is 7.05 Å². The Morgan fingerprint density at radius 1 is 1.32 bits per heavy atom. The van der Waals surface area contributed by atoms with Crippen molar-refractivity contribution in [2.75, 3.05) is 13.7 Å². The maximum atomic E-state index is 5.46. The number of ether oxygens (including phenoxy) is 1. The maximum Gasteiger partial charge on any atom is 0.124 e. The zero-order valence-electron chi connectivity index (χ0n) is 11.8. The topological polar surface area (TPSA) is 39.1 Å². The van der Waals surface area contributed by atoms with E-state index in [0.717, 1.165) is 30.0 Å². The van der Waals surface area contributed by atoms with Gasteiger partial charge in [0.1, 0.15) is 5.75 Å². The molecule has 1 aromatic carbocycles. The minimum absolute atomic E-state index is 0.0669. The van der Waals surface area contributed by atoms with Crippen molar-refractivity contribution in [1.29, 1.82) is 0 Å². The summed E-state index contributed by atoms with van der Waals surface area (Å²) in [5, 5.41) is 8.05. The van der Waals surface area contributed by atoms with Crippen LogP contribution in [0, 0.1) is 0 Å². The van der Waals surface area contributed by atoms with Crippen molar-refractivity contribution in [3.63, 3.8) is 0 Å². The summed E-state index contributed by atoms with van der Waals surface area (Å²) in [6, 6.07) is 10.2. The minimum atomic E-state index is 0.0669. The van der Waals surface area contributed by atoms with Crippen molar-refractivity contribution in [3.05, 3.63) is 47.8 Å². The Labute approximate surface area is 114 Å². The van der Waals surface area contributed by atoms with Gasteiger partial charge >= 0.3 is 0 Å². The first kappa shape index (κ1) is 13.6. The van der Waals surface area contributed by atoms with Gasteiger partial charge < -0.3 is 10.1 Å². The van der Waals surface area contributed by atoms with Crippen LogP contribution >= 0.6 is 0 Å². The van der Waals surface area contributed by atoms with Crippen LogP contribution in [0.5, 0.6) is 5.75 Å². The summed E-state index contributed by atoms with van der Waals surface area (Å²) in [4.78, 5) is 0. The van der Waals surface area contributed by atoms with E-state index in [1.54, 1.807) is 7.11 Å². The zero-order valence-corrected chi connectivity index (χ0v) is 11.8. The molecule has 2 rings (SSSR count). The van der Waals surface area contributed by atoms with Gasteiger partial charge in [-0.2, -0.15) is 5.10 Å². The van der Waals surface area contributed by atoms with Crippen LogP contribution in [0.25, 0.3) is 0 Å². The maximum absolute atomic E-state index is 5.46. The van der Waals surface area contributed by atoms with Gasteiger partial charge in [-0.05, 0) is 25.1 Å². The van der Waals surface area contributed by atoms with E-state index in [-0.39, 0.29) is 6.04 Å². The Balaban J connectivity index is 2.36. The number of para-hydroxylation sites is 1. The van der Waals surface area contributed by atoms with Crippen LogP contribution in [0.2, 0.25) is 0 Å². The van der Waals surface area contributed by atoms with E-state index in [9.17, 15) is 0 Å². The average molecular weight is 259 g/mol. The average Bonchev–Trinajstić information content (AvgIpc) is 2.86. The third-order valence-corrected chi connectivity index (χ3v) is 3.08. The molecular weight excluding hydrogens is 238 g/mol. The molecule has 0 aliphatic rings. The molecule has 1 aromatic heterocycles. The second-order valence-electron chi connectivity index (χ2n) is 4.54. The molecule has 4 heteroatoms. The van der Waals surface area contributed by atoms with Crippen molar-refractivity contribution in [1.82, 2.24) is 15.1 Å². The fraction of sp³-hybridized carbons (Fsp3) is 0.400. The molecule has 1 unspecified atom stereocenters. The lowest BCUT2D eigenvalue weighted by Crippen LogP contribution is -2.24. The molecule has 1 N–H and O–H groups in total. The summed E-state index contributed by atoms with van der Waals surface area (Å²) < 4.78 is 7.28. The van der Waals surface area contributed by atoms with Crippen LogP contribution in [0.4, 0.5) is 0 Å². The lowest BCUT2D eigenvalue weighted by atomic mass is 10.0. The van der Waals surface area contributed by atoms with Crippen LogP contribution < -0.4 is 10.1 Å². The van der Waals surface area contributed by atoms with Crippen molar-refractivity contribution in [2.24, 2.45) is 7.05 Å². The minimum Gasteiger partial charge on any atom is -0.496 e. The molecule has 0 fully saturated rings. The van der Waals surface area contributed by atoms with E-state index in [0.29, 0.717) is 0 Å². The van der Waals surface area contributed by atoms with Crippen molar-refractivity contribution < 1.29 is 4.74 Å². The van der Waals surface area contributed by atoms with Crippen LogP contribution in [0.3, 0.4) is 0 Å². The molecule has 0 spiro atoms. The number of rotatable bonds is 6. The number of aromatic nitrogens is 2.